The van der Waals surface area contributed by atoms with E-state index < -0.39 is 0 Å². The van der Waals surface area contributed by atoms with Gasteiger partial charge in [-0.2, -0.15) is 0 Å². The first kappa shape index (κ1) is 13.4. The van der Waals surface area contributed by atoms with Crippen LogP contribution in [0.25, 0.3) is 0 Å². The van der Waals surface area contributed by atoms with Crippen LogP contribution in [0.3, 0.4) is 0 Å². The van der Waals surface area contributed by atoms with Crippen molar-refractivity contribution in [1.82, 2.24) is 4.98 Å². The summed E-state index contributed by atoms with van der Waals surface area (Å²) in [7, 11) is 1.63. The van der Waals surface area contributed by atoms with Crippen LogP contribution in [-0.2, 0) is 0 Å². The second-order valence-electron chi connectivity index (χ2n) is 3.65. The third kappa shape index (κ3) is 2.84. The Kier molecular flexibility index (Phi) is 4.24. The van der Waals surface area contributed by atoms with E-state index in [4.69, 9.17) is 9.47 Å². The average Bonchev–Trinajstić information content (AvgIpc) is 2.37. The molecular formula is C13H11Br2NO2. The zero-order valence-electron chi connectivity index (χ0n) is 9.91. The van der Waals surface area contributed by atoms with Crippen LogP contribution in [0, 0.1) is 6.92 Å². The van der Waals surface area contributed by atoms with Crippen molar-refractivity contribution in [2.45, 2.75) is 6.92 Å². The number of hydrogen-bond acceptors (Lipinski definition) is 3. The lowest BCUT2D eigenvalue weighted by molar-refractivity contribution is 0.411. The molecule has 1 aromatic carbocycles. The van der Waals surface area contributed by atoms with Gasteiger partial charge < -0.3 is 9.47 Å². The summed E-state index contributed by atoms with van der Waals surface area (Å²) in [5.41, 5.74) is 1.07. The average molecular weight is 373 g/mol. The van der Waals surface area contributed by atoms with E-state index in [9.17, 15) is 0 Å². The lowest BCUT2D eigenvalue weighted by Gasteiger charge is -2.10. The number of benzene rings is 1. The highest BCUT2D eigenvalue weighted by molar-refractivity contribution is 9.11. The zero-order chi connectivity index (χ0) is 13.1. The van der Waals surface area contributed by atoms with Gasteiger partial charge in [-0.15, -0.1) is 0 Å². The van der Waals surface area contributed by atoms with Crippen LogP contribution in [0.15, 0.2) is 39.4 Å². The van der Waals surface area contributed by atoms with E-state index in [1.165, 1.54) is 0 Å². The highest BCUT2D eigenvalue weighted by Crippen LogP contribution is 2.35. The van der Waals surface area contributed by atoms with Crippen LogP contribution in [-0.4, -0.2) is 12.1 Å². The van der Waals surface area contributed by atoms with Crippen molar-refractivity contribution in [3.05, 3.63) is 45.0 Å². The molecule has 0 aliphatic rings. The normalized spacial score (nSPS) is 10.2. The Bertz CT molecular complexity index is 573. The Hall–Kier alpha value is -1.07. The van der Waals surface area contributed by atoms with Gasteiger partial charge in [-0.25, -0.2) is 4.98 Å². The van der Waals surface area contributed by atoms with Gasteiger partial charge in [-0.05, 0) is 68.6 Å². The number of hydrogen-bond donors (Lipinski definition) is 0. The molecule has 0 aliphatic heterocycles. The predicted molar refractivity (Wildman–Crippen MR) is 77.4 cm³/mol. The summed E-state index contributed by atoms with van der Waals surface area (Å²) in [4.78, 5) is 4.20. The number of rotatable bonds is 3. The van der Waals surface area contributed by atoms with E-state index >= 15 is 0 Å². The van der Waals surface area contributed by atoms with Gasteiger partial charge in [0, 0.05) is 6.20 Å². The van der Waals surface area contributed by atoms with Crippen LogP contribution in [0.1, 0.15) is 5.56 Å². The molecule has 0 atom stereocenters. The quantitative estimate of drug-likeness (QED) is 0.781. The number of methoxy groups -OCH3 is 1. The molecule has 1 heterocycles. The van der Waals surface area contributed by atoms with Crippen LogP contribution < -0.4 is 9.47 Å². The van der Waals surface area contributed by atoms with Crippen LogP contribution in [0.5, 0.6) is 17.4 Å². The number of pyridine rings is 1. The maximum absolute atomic E-state index is 5.76. The van der Waals surface area contributed by atoms with E-state index in [0.717, 1.165) is 20.3 Å². The van der Waals surface area contributed by atoms with Gasteiger partial charge in [-0.3, -0.25) is 0 Å². The number of nitrogens with zero attached hydrogens (tertiary/aromatic N) is 1. The number of halogens is 2. The van der Waals surface area contributed by atoms with E-state index in [-0.39, 0.29) is 0 Å². The summed E-state index contributed by atoms with van der Waals surface area (Å²) >= 11 is 6.90. The molecule has 0 fully saturated rings. The van der Waals surface area contributed by atoms with Gasteiger partial charge in [-0.1, -0.05) is 0 Å². The molecular weight excluding hydrogens is 362 g/mol. The lowest BCUT2D eigenvalue weighted by Crippen LogP contribution is -1.92. The Labute approximate surface area is 122 Å². The Morgan fingerprint density at radius 2 is 1.94 bits per heavy atom. The summed E-state index contributed by atoms with van der Waals surface area (Å²) in [6, 6.07) is 7.43. The molecule has 1 aromatic heterocycles. The van der Waals surface area contributed by atoms with E-state index in [0.29, 0.717) is 11.6 Å². The predicted octanol–water partition coefficient (Wildman–Crippen LogP) is 4.72. The van der Waals surface area contributed by atoms with Crippen molar-refractivity contribution in [1.29, 1.82) is 0 Å². The molecule has 5 heteroatoms. The summed E-state index contributed by atoms with van der Waals surface area (Å²) < 4.78 is 12.6. The molecule has 0 saturated carbocycles. The van der Waals surface area contributed by atoms with Crippen molar-refractivity contribution >= 4 is 31.9 Å². The molecule has 3 nitrogen and oxygen atoms in total. The standard InChI is InChI=1S/C13H11Br2NO2/c1-8-5-6-16-13(12(8)15)18-11-4-3-9(17-2)7-10(11)14/h3-7H,1-2H3. The van der Waals surface area contributed by atoms with Gasteiger partial charge in [0.15, 0.2) is 0 Å². The largest absolute Gasteiger partial charge is 0.497 e. The molecule has 18 heavy (non-hydrogen) atoms. The Morgan fingerprint density at radius 3 is 2.61 bits per heavy atom. The van der Waals surface area contributed by atoms with Crippen LogP contribution >= 0.6 is 31.9 Å². The van der Waals surface area contributed by atoms with Crippen molar-refractivity contribution in [2.75, 3.05) is 7.11 Å². The van der Waals surface area contributed by atoms with Crippen molar-refractivity contribution < 1.29 is 9.47 Å². The molecule has 2 rings (SSSR count). The lowest BCUT2D eigenvalue weighted by atomic mass is 10.3. The molecule has 0 bridgehead atoms. The van der Waals surface area contributed by atoms with Crippen molar-refractivity contribution in [3.8, 4) is 17.4 Å². The maximum atomic E-state index is 5.76. The molecule has 0 aliphatic carbocycles. The minimum Gasteiger partial charge on any atom is -0.497 e. The van der Waals surface area contributed by atoms with Gasteiger partial charge in [0.05, 0.1) is 16.1 Å². The minimum atomic E-state index is 0.542. The second kappa shape index (κ2) is 5.71. The first-order valence-electron chi connectivity index (χ1n) is 5.24. The van der Waals surface area contributed by atoms with E-state index in [1.807, 2.05) is 31.2 Å². The topological polar surface area (TPSA) is 31.4 Å². The highest BCUT2D eigenvalue weighted by atomic mass is 79.9. The third-order valence-corrected chi connectivity index (χ3v) is 3.98. The summed E-state index contributed by atoms with van der Waals surface area (Å²) in [6.07, 6.45) is 1.72. The molecule has 94 valence electrons. The summed E-state index contributed by atoms with van der Waals surface area (Å²) in [5, 5.41) is 0. The molecule has 0 N–H and O–H groups in total. The van der Waals surface area contributed by atoms with Gasteiger partial charge in [0.25, 0.3) is 0 Å². The van der Waals surface area contributed by atoms with E-state index in [2.05, 4.69) is 36.8 Å². The first-order valence-corrected chi connectivity index (χ1v) is 6.83. The van der Waals surface area contributed by atoms with Crippen molar-refractivity contribution in [2.24, 2.45) is 0 Å². The number of aryl methyl sites for hydroxylation is 1. The molecule has 0 amide bonds. The second-order valence-corrected chi connectivity index (χ2v) is 5.29. The molecule has 0 saturated heterocycles. The fourth-order valence-corrected chi connectivity index (χ4v) is 2.14. The molecule has 2 aromatic rings. The van der Waals surface area contributed by atoms with Crippen LogP contribution in [0.4, 0.5) is 0 Å². The Morgan fingerprint density at radius 1 is 1.17 bits per heavy atom. The molecule has 0 radical (unpaired) electrons. The van der Waals surface area contributed by atoms with Gasteiger partial charge in [0.1, 0.15) is 11.5 Å². The molecule has 0 spiro atoms. The SMILES string of the molecule is COc1ccc(Oc2nccc(C)c2Br)c(Br)c1. The van der Waals surface area contributed by atoms with Gasteiger partial charge >= 0.3 is 0 Å². The summed E-state index contributed by atoms with van der Waals surface area (Å²) in [6.45, 7) is 1.99. The smallest absolute Gasteiger partial charge is 0.233 e. The van der Waals surface area contributed by atoms with Gasteiger partial charge in [0.2, 0.25) is 5.88 Å². The number of ether oxygens (including phenoxy) is 2. The van der Waals surface area contributed by atoms with E-state index in [1.54, 1.807) is 13.3 Å². The van der Waals surface area contributed by atoms with Crippen molar-refractivity contribution in [3.63, 3.8) is 0 Å². The number of aromatic nitrogens is 1. The summed E-state index contributed by atoms with van der Waals surface area (Å²) in [5.74, 6) is 2.00. The minimum absolute atomic E-state index is 0.542. The monoisotopic (exact) mass is 371 g/mol. The first-order chi connectivity index (χ1) is 8.61. The third-order valence-electron chi connectivity index (χ3n) is 2.40. The maximum Gasteiger partial charge on any atom is 0.233 e. The Balaban J connectivity index is 2.31. The fourth-order valence-electron chi connectivity index (χ4n) is 1.38. The van der Waals surface area contributed by atoms with Crippen LogP contribution in [0.2, 0.25) is 0 Å². The highest BCUT2D eigenvalue weighted by Gasteiger charge is 2.09. The zero-order valence-corrected chi connectivity index (χ0v) is 13.1. The fraction of sp³-hybridized carbons (Fsp3) is 0.154. The molecule has 0 unspecified atom stereocenters.